The fraction of sp³-hybridized carbons (Fsp3) is 0.397. The van der Waals surface area contributed by atoms with Crippen molar-refractivity contribution in [3.63, 3.8) is 0 Å². The zero-order chi connectivity index (χ0) is 69.4. The number of halogens is 3. The van der Waals surface area contributed by atoms with Crippen LogP contribution in [0.1, 0.15) is 96.7 Å². The number of aromatic nitrogens is 15. The molecule has 25 nitrogen and oxygen atoms in total. The number of rotatable bonds is 14. The third kappa shape index (κ3) is 11.9. The van der Waals surface area contributed by atoms with Crippen molar-refractivity contribution >= 4 is 147 Å². The van der Waals surface area contributed by atoms with Crippen molar-refractivity contribution in [1.82, 2.24) is 75.2 Å². The molecular weight excluding hydrogens is 1390 g/mol. The van der Waals surface area contributed by atoms with Crippen LogP contribution in [0.4, 0.5) is 30.6 Å². The number of carbonyl (C=O) groups excluding carboxylic acids is 1. The minimum absolute atomic E-state index is 0.204. The monoisotopic (exact) mass is 1460 g/mol. The largest absolute Gasteiger partial charge is 0.464 e. The van der Waals surface area contributed by atoms with Crippen molar-refractivity contribution in [2.75, 3.05) is 41.4 Å². The summed E-state index contributed by atoms with van der Waals surface area (Å²) in [5, 5.41) is 24.2. The number of nitrogens with two attached hydrogens (primary N) is 3. The third-order valence-electron chi connectivity index (χ3n) is 20.6. The lowest BCUT2D eigenvalue weighted by Gasteiger charge is -2.31. The van der Waals surface area contributed by atoms with Gasteiger partial charge in [-0.2, -0.15) is 9.97 Å². The molecule has 6 bridgehead atoms. The molecule has 3 aliphatic heterocycles. The molecule has 0 spiro atoms. The van der Waals surface area contributed by atoms with Gasteiger partial charge in [-0.15, -0.1) is 38.0 Å². The smallest absolute Gasteiger partial charge is 0.367 e. The number of anilines is 3. The first-order valence-electron chi connectivity index (χ1n) is 33.7. The lowest BCUT2D eigenvalue weighted by atomic mass is 10.0. The molecule has 0 radical (unpaired) electrons. The quantitative estimate of drug-likeness (QED) is 0.0435. The molecule has 9 atom stereocenters. The molecular formula is C68H68F3N21O4S5. The Labute approximate surface area is 594 Å². The maximum absolute atomic E-state index is 14.6. The maximum atomic E-state index is 14.6. The second-order valence-electron chi connectivity index (χ2n) is 26.6. The van der Waals surface area contributed by atoms with Crippen molar-refractivity contribution in [3.8, 4) is 22.1 Å². The second kappa shape index (κ2) is 26.0. The zero-order valence-electron chi connectivity index (χ0n) is 55.5. The SMILES string of the molecule is CCc1cc(F)cc2c1[nH]c1nc(Oc3nnc(C)s3)nc(N3C[C@H]4C[C@@H]3C[C@H]4N)c12.CCc1cc(F)cc2c1[nH]c1nc(Sc3cnc(-c4nnc(C)o4)s3)nc(N3C[C@H]4C[C@@H]3C[C@H]4N)c12.CCc1cc(F)cc2c1[nH]c1nc(Sc3cnc(C(=O)OC)s3)nc(N3C[C@H]4C[C@@H]3C[C@H]4N)c12. The number of hydrogen-bond acceptors (Lipinski definition) is 27. The highest BCUT2D eigenvalue weighted by Gasteiger charge is 2.47. The van der Waals surface area contributed by atoms with Crippen molar-refractivity contribution in [3.05, 3.63) is 98.8 Å². The van der Waals surface area contributed by atoms with Crippen LogP contribution < -0.4 is 36.6 Å². The number of ether oxygens (including phenoxy) is 2. The van der Waals surface area contributed by atoms with Crippen LogP contribution in [0.5, 0.6) is 11.2 Å². The van der Waals surface area contributed by atoms with Crippen molar-refractivity contribution in [1.29, 1.82) is 0 Å². The number of aromatic amines is 3. The minimum Gasteiger partial charge on any atom is -0.464 e. The highest BCUT2D eigenvalue weighted by atomic mass is 32.2. The maximum Gasteiger partial charge on any atom is 0.367 e. The lowest BCUT2D eigenvalue weighted by molar-refractivity contribution is 0.0600. The summed E-state index contributed by atoms with van der Waals surface area (Å²) in [4.78, 5) is 66.7. The topological polar surface area (TPSA) is 338 Å². The number of hydrogen-bond donors (Lipinski definition) is 6. The van der Waals surface area contributed by atoms with Gasteiger partial charge in [0.1, 0.15) is 56.9 Å². The van der Waals surface area contributed by atoms with Crippen LogP contribution in [-0.4, -0.2) is 144 Å². The molecule has 101 heavy (non-hydrogen) atoms. The average molecular weight is 1460 g/mol. The Balaban J connectivity index is 0.000000113. The molecule has 3 saturated heterocycles. The van der Waals surface area contributed by atoms with Crippen molar-refractivity contribution < 1.29 is 31.9 Å². The fourth-order valence-electron chi connectivity index (χ4n) is 15.9. The first-order valence-corrected chi connectivity index (χ1v) is 37.8. The van der Waals surface area contributed by atoms with Gasteiger partial charge in [0, 0.05) is 79.0 Å². The number of benzene rings is 3. The summed E-state index contributed by atoms with van der Waals surface area (Å²) < 4.78 is 61.4. The second-order valence-corrected chi connectivity index (χ2v) is 32.4. The standard InChI is InChI=1S/C24H23FN8OS2.C23H23FN6O2S2.C21H22FN7OS/c1-3-11-4-13(25)6-15-18-20(28-19(11)15)29-24(30-21(18)33-9-12-5-14(33)7-16(12)26)36-17-8-27-23(35-17)22-32-31-10(2)34-22;1-3-10-4-12(24)6-14-17-19(27-18(10)14)28-23(34-16-8-26-21(33-16)22(31)32-2)29-20(17)30-9-11-5-13(30)7-15(11)25;1-3-10-4-12(22)6-14-16-18(24-17(10)14)25-20(30-21-28-27-9(2)31-21)26-19(16)29-8-11-5-13(29)7-15(11)23/h4,6,8,12,14,16H,3,5,7,9,26H2,1-2H3,(H,28,29,30);4,6,8,11,13,15H,3,5,7,9,25H2,1-2H3,(H,27,28,29);4,6,11,13,15H,3,5,7-8,23H2,1-2H3,(H,24,25,26)/t12-,14-,16-;2*11-,13-,15-/m111/s1. The van der Waals surface area contributed by atoms with Gasteiger partial charge >= 0.3 is 17.2 Å². The van der Waals surface area contributed by atoms with Gasteiger partial charge in [-0.25, -0.2) is 47.9 Å². The number of esters is 1. The van der Waals surface area contributed by atoms with E-state index in [1.54, 1.807) is 55.7 Å². The number of piperidine rings is 3. The van der Waals surface area contributed by atoms with Crippen LogP contribution >= 0.6 is 57.5 Å². The van der Waals surface area contributed by atoms with Crippen LogP contribution in [0, 0.1) is 49.1 Å². The van der Waals surface area contributed by atoms with E-state index in [-0.39, 0.29) is 46.6 Å². The van der Waals surface area contributed by atoms with Gasteiger partial charge in [0.15, 0.2) is 15.3 Å². The van der Waals surface area contributed by atoms with E-state index < -0.39 is 5.97 Å². The Morgan fingerprint density at radius 2 is 1.03 bits per heavy atom. The molecule has 6 fully saturated rings. The Kier molecular flexibility index (Phi) is 16.9. The van der Waals surface area contributed by atoms with Gasteiger partial charge in [0.05, 0.1) is 60.6 Å². The van der Waals surface area contributed by atoms with Gasteiger partial charge < -0.3 is 60.7 Å². The van der Waals surface area contributed by atoms with Crippen LogP contribution in [-0.2, 0) is 24.0 Å². The van der Waals surface area contributed by atoms with Crippen LogP contribution in [0.15, 0.2) is 71.9 Å². The predicted octanol–water partition coefficient (Wildman–Crippen LogP) is 12.5. The number of aryl methyl sites for hydroxylation is 5. The molecule has 10 aromatic heterocycles. The molecule has 3 aromatic carbocycles. The molecule has 19 rings (SSSR count). The Morgan fingerprint density at radius 3 is 1.44 bits per heavy atom. The number of carbonyl (C=O) groups is 1. The molecule has 33 heteroatoms. The highest BCUT2D eigenvalue weighted by molar-refractivity contribution is 8.01. The van der Waals surface area contributed by atoms with Gasteiger partial charge in [-0.3, -0.25) is 0 Å². The van der Waals surface area contributed by atoms with Gasteiger partial charge in [-0.1, -0.05) is 37.2 Å². The highest BCUT2D eigenvalue weighted by Crippen LogP contribution is 2.49. The zero-order valence-corrected chi connectivity index (χ0v) is 59.6. The first-order chi connectivity index (χ1) is 48.9. The predicted molar refractivity (Wildman–Crippen MR) is 384 cm³/mol. The van der Waals surface area contributed by atoms with E-state index >= 15 is 0 Å². The van der Waals surface area contributed by atoms with E-state index in [1.807, 2.05) is 27.7 Å². The summed E-state index contributed by atoms with van der Waals surface area (Å²) in [5.41, 5.74) is 26.4. The van der Waals surface area contributed by atoms with E-state index in [2.05, 4.69) is 65.0 Å². The normalized spacial score (nSPS) is 22.0. The van der Waals surface area contributed by atoms with Gasteiger partial charge in [0.2, 0.25) is 10.9 Å². The van der Waals surface area contributed by atoms with Crippen molar-refractivity contribution in [2.24, 2.45) is 35.0 Å². The van der Waals surface area contributed by atoms with Crippen LogP contribution in [0.3, 0.4) is 0 Å². The third-order valence-corrected chi connectivity index (χ3v) is 25.2. The van der Waals surface area contributed by atoms with E-state index in [1.165, 1.54) is 64.6 Å². The molecule has 6 aliphatic rings. The van der Waals surface area contributed by atoms with Crippen LogP contribution in [0.25, 0.3) is 76.7 Å². The first kappa shape index (κ1) is 65.6. The lowest BCUT2D eigenvalue weighted by Crippen LogP contribution is -2.41. The summed E-state index contributed by atoms with van der Waals surface area (Å²) >= 11 is 6.81. The summed E-state index contributed by atoms with van der Waals surface area (Å²) in [6.07, 6.45) is 11.5. The van der Waals surface area contributed by atoms with E-state index in [4.69, 9.17) is 56.0 Å². The van der Waals surface area contributed by atoms with E-state index in [9.17, 15) is 18.0 Å². The Bertz CT molecular complexity index is 5420. The molecule has 13 aromatic rings. The Morgan fingerprint density at radius 1 is 0.574 bits per heavy atom. The Hall–Kier alpha value is -8.70. The molecule has 0 unspecified atom stereocenters. The van der Waals surface area contributed by atoms with Gasteiger partial charge in [-0.05, 0) is 159 Å². The summed E-state index contributed by atoms with van der Waals surface area (Å²) in [6, 6.07) is 11.3. The molecule has 520 valence electrons. The number of nitrogens with one attached hydrogen (secondary N) is 3. The average Bonchev–Trinajstić information content (AvgIpc) is 1.60. The minimum atomic E-state index is -0.469. The molecule has 9 N–H and O–H groups in total. The molecule has 0 amide bonds. The molecule has 3 saturated carbocycles. The molecule has 13 heterocycles. The van der Waals surface area contributed by atoms with Crippen molar-refractivity contribution in [2.45, 2.75) is 147 Å². The summed E-state index contributed by atoms with van der Waals surface area (Å²) in [5.74, 6) is 3.40. The van der Waals surface area contributed by atoms with Crippen LogP contribution in [0.2, 0.25) is 0 Å². The number of H-pyrrole nitrogens is 3. The van der Waals surface area contributed by atoms with E-state index in [0.717, 1.165) is 155 Å². The summed E-state index contributed by atoms with van der Waals surface area (Å²) in [6.45, 7) is 12.2. The number of thiazole rings is 2. The van der Waals surface area contributed by atoms with E-state index in [0.29, 0.717) is 104 Å². The number of nitrogens with zero attached hydrogens (tertiary/aromatic N) is 15. The fourth-order valence-corrected chi connectivity index (χ4v) is 19.9. The summed E-state index contributed by atoms with van der Waals surface area (Å²) in [7, 11) is 1.33. The number of methoxy groups -OCH3 is 1. The number of fused-ring (bicyclic) bond motifs is 15. The van der Waals surface area contributed by atoms with Gasteiger partial charge in [0.25, 0.3) is 5.89 Å². The molecule has 3 aliphatic carbocycles.